The van der Waals surface area contributed by atoms with E-state index in [4.69, 9.17) is 4.42 Å². The van der Waals surface area contributed by atoms with Gasteiger partial charge < -0.3 is 9.32 Å². The van der Waals surface area contributed by atoms with E-state index in [1.54, 1.807) is 0 Å². The van der Waals surface area contributed by atoms with Crippen LogP contribution in [0.4, 0.5) is 17.1 Å². The van der Waals surface area contributed by atoms with Crippen molar-refractivity contribution < 1.29 is 4.42 Å². The predicted octanol–water partition coefficient (Wildman–Crippen LogP) is 13.7. The summed E-state index contributed by atoms with van der Waals surface area (Å²) in [5, 5.41) is 2.20. The van der Waals surface area contributed by atoms with Gasteiger partial charge in [-0.2, -0.15) is 0 Å². The molecule has 0 amide bonds. The van der Waals surface area contributed by atoms with Crippen molar-refractivity contribution in [2.24, 2.45) is 0 Å². The van der Waals surface area contributed by atoms with Crippen LogP contribution in [0.5, 0.6) is 0 Å². The molecule has 9 rings (SSSR count). The van der Waals surface area contributed by atoms with Gasteiger partial charge in [-0.25, -0.2) is 0 Å². The summed E-state index contributed by atoms with van der Waals surface area (Å²) in [6.45, 7) is 0. The van der Waals surface area contributed by atoms with Crippen LogP contribution in [-0.4, -0.2) is 0 Å². The van der Waals surface area contributed by atoms with Crippen molar-refractivity contribution in [1.82, 2.24) is 0 Å². The maximum absolute atomic E-state index is 6.67. The Morgan fingerprint density at radius 2 is 0.700 bits per heavy atom. The first-order valence-electron chi connectivity index (χ1n) is 17.0. The van der Waals surface area contributed by atoms with E-state index in [0.717, 1.165) is 50.1 Å². The molecule has 0 fully saturated rings. The minimum atomic E-state index is 0.861. The summed E-state index contributed by atoms with van der Waals surface area (Å²) in [7, 11) is 0. The Kier molecular flexibility index (Phi) is 7.53. The Hall–Kier alpha value is -6.64. The molecule has 0 spiro atoms. The third-order valence-electron chi connectivity index (χ3n) is 9.49. The molecule has 1 aromatic heterocycles. The van der Waals surface area contributed by atoms with Crippen molar-refractivity contribution in [3.63, 3.8) is 0 Å². The zero-order valence-electron chi connectivity index (χ0n) is 27.4. The Morgan fingerprint density at radius 3 is 1.24 bits per heavy atom. The molecule has 0 bridgehead atoms. The molecule has 0 radical (unpaired) electrons. The Bertz CT molecular complexity index is 2530. The zero-order chi connectivity index (χ0) is 33.3. The first kappa shape index (κ1) is 29.5. The number of para-hydroxylation sites is 2. The van der Waals surface area contributed by atoms with Gasteiger partial charge in [0.2, 0.25) is 0 Å². The topological polar surface area (TPSA) is 16.4 Å². The molecular formula is C48H33NO. The molecule has 8 aromatic carbocycles. The average Bonchev–Trinajstić information content (AvgIpc) is 3.58. The van der Waals surface area contributed by atoms with Crippen LogP contribution in [0.3, 0.4) is 0 Å². The van der Waals surface area contributed by atoms with Gasteiger partial charge in [-0.15, -0.1) is 0 Å². The molecule has 9 aromatic rings. The SMILES string of the molecule is c1ccc(-c2ccc(-c3ccc(N(c4ccccc4)c4cc(-c5ccc(-c6ccccc6)cc5)cc5c4oc4ccccc45)cc3)cc2)cc1. The van der Waals surface area contributed by atoms with Crippen LogP contribution in [0, 0.1) is 0 Å². The first-order valence-corrected chi connectivity index (χ1v) is 17.0. The summed E-state index contributed by atoms with van der Waals surface area (Å²) in [5.74, 6) is 0. The van der Waals surface area contributed by atoms with Crippen LogP contribution in [0.2, 0.25) is 0 Å². The number of benzene rings is 8. The van der Waals surface area contributed by atoms with Gasteiger partial charge in [0.25, 0.3) is 0 Å². The second kappa shape index (κ2) is 12.8. The second-order valence-electron chi connectivity index (χ2n) is 12.6. The van der Waals surface area contributed by atoms with E-state index in [9.17, 15) is 0 Å². The zero-order valence-corrected chi connectivity index (χ0v) is 27.4. The maximum atomic E-state index is 6.67. The molecule has 2 heteroatoms. The number of rotatable bonds is 7. The molecule has 50 heavy (non-hydrogen) atoms. The van der Waals surface area contributed by atoms with Gasteiger partial charge in [-0.3, -0.25) is 0 Å². The maximum Gasteiger partial charge on any atom is 0.159 e. The minimum Gasteiger partial charge on any atom is -0.454 e. The van der Waals surface area contributed by atoms with Crippen molar-refractivity contribution in [2.45, 2.75) is 0 Å². The van der Waals surface area contributed by atoms with Crippen molar-refractivity contribution >= 4 is 39.0 Å². The Labute approximate surface area is 292 Å². The molecule has 2 nitrogen and oxygen atoms in total. The number of nitrogens with zero attached hydrogens (tertiary/aromatic N) is 1. The van der Waals surface area contributed by atoms with Gasteiger partial charge in [-0.1, -0.05) is 158 Å². The van der Waals surface area contributed by atoms with Gasteiger partial charge in [0.1, 0.15) is 5.58 Å². The lowest BCUT2D eigenvalue weighted by molar-refractivity contribution is 0.669. The van der Waals surface area contributed by atoms with E-state index in [2.05, 4.69) is 199 Å². The normalized spacial score (nSPS) is 11.2. The van der Waals surface area contributed by atoms with E-state index in [1.807, 2.05) is 6.07 Å². The quantitative estimate of drug-likeness (QED) is 0.173. The van der Waals surface area contributed by atoms with E-state index in [0.29, 0.717) is 0 Å². The number of hydrogen-bond donors (Lipinski definition) is 0. The number of fused-ring (bicyclic) bond motifs is 3. The highest BCUT2D eigenvalue weighted by atomic mass is 16.3. The van der Waals surface area contributed by atoms with Crippen LogP contribution in [-0.2, 0) is 0 Å². The van der Waals surface area contributed by atoms with Gasteiger partial charge in [-0.05, 0) is 87.0 Å². The lowest BCUT2D eigenvalue weighted by atomic mass is 9.97. The average molecular weight is 640 g/mol. The predicted molar refractivity (Wildman–Crippen MR) is 210 cm³/mol. The summed E-state index contributed by atoms with van der Waals surface area (Å²) in [6, 6.07) is 71.0. The summed E-state index contributed by atoms with van der Waals surface area (Å²) in [4.78, 5) is 2.31. The molecule has 0 saturated carbocycles. The van der Waals surface area contributed by atoms with Gasteiger partial charge in [0.15, 0.2) is 5.58 Å². The fourth-order valence-electron chi connectivity index (χ4n) is 6.92. The second-order valence-corrected chi connectivity index (χ2v) is 12.6. The monoisotopic (exact) mass is 639 g/mol. The molecule has 236 valence electrons. The molecule has 0 saturated heterocycles. The standard InChI is InChI=1S/C48H33NO/c1-4-12-34(13-5-1)36-20-22-38(23-21-36)39-28-30-43(31-29-39)49(42-16-8-3-9-17-42)46-33-41(32-45-44-18-10-11-19-47(44)50-48(45)46)40-26-24-37(25-27-40)35-14-6-2-7-15-35/h1-33H. The van der Waals surface area contributed by atoms with Crippen LogP contribution in [0.15, 0.2) is 205 Å². The van der Waals surface area contributed by atoms with Crippen molar-refractivity contribution in [3.05, 3.63) is 200 Å². The Morgan fingerprint density at radius 1 is 0.300 bits per heavy atom. The van der Waals surface area contributed by atoms with E-state index in [1.165, 1.54) is 33.4 Å². The first-order chi connectivity index (χ1) is 24.8. The fraction of sp³-hybridized carbons (Fsp3) is 0. The van der Waals surface area contributed by atoms with Crippen LogP contribution in [0.25, 0.3) is 66.4 Å². The Balaban J connectivity index is 1.16. The minimum absolute atomic E-state index is 0.861. The number of furan rings is 1. The van der Waals surface area contributed by atoms with Gasteiger partial charge in [0.05, 0.1) is 5.69 Å². The highest BCUT2D eigenvalue weighted by Gasteiger charge is 2.21. The summed E-state index contributed by atoms with van der Waals surface area (Å²) >= 11 is 0. The van der Waals surface area contributed by atoms with Crippen LogP contribution in [0.1, 0.15) is 0 Å². The lowest BCUT2D eigenvalue weighted by Gasteiger charge is -2.26. The molecule has 0 unspecified atom stereocenters. The third-order valence-corrected chi connectivity index (χ3v) is 9.49. The summed E-state index contributed by atoms with van der Waals surface area (Å²) in [5.41, 5.74) is 14.3. The van der Waals surface area contributed by atoms with Gasteiger partial charge in [0, 0.05) is 22.1 Å². The molecular weight excluding hydrogens is 607 g/mol. The molecule has 1 heterocycles. The van der Waals surface area contributed by atoms with E-state index in [-0.39, 0.29) is 0 Å². The molecule has 0 aliphatic heterocycles. The summed E-state index contributed by atoms with van der Waals surface area (Å²) in [6.07, 6.45) is 0. The van der Waals surface area contributed by atoms with Crippen LogP contribution < -0.4 is 4.90 Å². The fourth-order valence-corrected chi connectivity index (χ4v) is 6.92. The van der Waals surface area contributed by atoms with Crippen LogP contribution >= 0.6 is 0 Å². The van der Waals surface area contributed by atoms with E-state index >= 15 is 0 Å². The molecule has 0 aliphatic rings. The molecule has 0 aliphatic carbocycles. The van der Waals surface area contributed by atoms with Gasteiger partial charge >= 0.3 is 0 Å². The largest absolute Gasteiger partial charge is 0.454 e. The number of hydrogen-bond acceptors (Lipinski definition) is 2. The lowest BCUT2D eigenvalue weighted by Crippen LogP contribution is -2.10. The highest BCUT2D eigenvalue weighted by Crippen LogP contribution is 2.45. The molecule has 0 atom stereocenters. The third kappa shape index (κ3) is 5.53. The molecule has 0 N–H and O–H groups in total. The smallest absolute Gasteiger partial charge is 0.159 e. The van der Waals surface area contributed by atoms with Crippen molar-refractivity contribution in [3.8, 4) is 44.5 Å². The highest BCUT2D eigenvalue weighted by molar-refractivity contribution is 6.12. The summed E-state index contributed by atoms with van der Waals surface area (Å²) < 4.78 is 6.67. The number of anilines is 3. The van der Waals surface area contributed by atoms with Crippen molar-refractivity contribution in [1.29, 1.82) is 0 Å². The van der Waals surface area contributed by atoms with Crippen molar-refractivity contribution in [2.75, 3.05) is 4.90 Å². The van der Waals surface area contributed by atoms with E-state index < -0.39 is 0 Å².